The van der Waals surface area contributed by atoms with Gasteiger partial charge in [-0.2, -0.15) is 5.10 Å². The number of nitrogens with zero attached hydrogens (tertiary/aromatic N) is 3. The van der Waals surface area contributed by atoms with Gasteiger partial charge in [-0.1, -0.05) is 25.1 Å². The molecule has 1 aliphatic heterocycles. The summed E-state index contributed by atoms with van der Waals surface area (Å²) < 4.78 is 1.94. The van der Waals surface area contributed by atoms with Crippen LogP contribution in [0.1, 0.15) is 25.3 Å². The second kappa shape index (κ2) is 7.77. The summed E-state index contributed by atoms with van der Waals surface area (Å²) in [7, 11) is 0. The van der Waals surface area contributed by atoms with Crippen molar-refractivity contribution in [1.82, 2.24) is 14.7 Å². The zero-order chi connectivity index (χ0) is 14.7. The summed E-state index contributed by atoms with van der Waals surface area (Å²) in [4.78, 5) is 2.51. The molecule has 2 unspecified atom stereocenters. The van der Waals surface area contributed by atoms with Gasteiger partial charge >= 0.3 is 0 Å². The average molecular weight is 321 g/mol. The Balaban J connectivity index is 0.00000176. The minimum Gasteiger partial charge on any atom is -0.329 e. The van der Waals surface area contributed by atoms with Crippen molar-refractivity contribution in [2.75, 3.05) is 13.1 Å². The Morgan fingerprint density at radius 3 is 2.77 bits per heavy atom. The summed E-state index contributed by atoms with van der Waals surface area (Å²) in [5, 5.41) is 4.48. The zero-order valence-electron chi connectivity index (χ0n) is 13.1. The Morgan fingerprint density at radius 1 is 1.27 bits per heavy atom. The van der Waals surface area contributed by atoms with Gasteiger partial charge in [-0.3, -0.25) is 4.90 Å². The lowest BCUT2D eigenvalue weighted by Gasteiger charge is -2.39. The number of aromatic nitrogens is 2. The summed E-state index contributed by atoms with van der Waals surface area (Å²) in [5.41, 5.74) is 8.33. The molecule has 1 saturated heterocycles. The van der Waals surface area contributed by atoms with E-state index in [-0.39, 0.29) is 12.4 Å². The summed E-state index contributed by atoms with van der Waals surface area (Å²) in [5.74, 6) is 0.688. The Labute approximate surface area is 138 Å². The molecule has 1 fully saturated rings. The van der Waals surface area contributed by atoms with Crippen LogP contribution in [0.25, 0.3) is 5.69 Å². The molecule has 0 saturated carbocycles. The van der Waals surface area contributed by atoms with E-state index in [0.29, 0.717) is 12.0 Å². The maximum absolute atomic E-state index is 5.97. The van der Waals surface area contributed by atoms with E-state index in [9.17, 15) is 0 Å². The molecule has 0 bridgehead atoms. The lowest BCUT2D eigenvalue weighted by Crippen LogP contribution is -2.47. The quantitative estimate of drug-likeness (QED) is 0.942. The van der Waals surface area contributed by atoms with Crippen LogP contribution in [0.4, 0.5) is 0 Å². The van der Waals surface area contributed by atoms with Gasteiger partial charge in [-0.05, 0) is 37.4 Å². The van der Waals surface area contributed by atoms with Gasteiger partial charge in [0.25, 0.3) is 0 Å². The number of rotatable bonds is 4. The largest absolute Gasteiger partial charge is 0.329 e. The van der Waals surface area contributed by atoms with E-state index in [2.05, 4.69) is 35.3 Å². The molecule has 0 aliphatic carbocycles. The second-order valence-electron chi connectivity index (χ2n) is 6.02. The molecule has 0 spiro atoms. The van der Waals surface area contributed by atoms with Crippen LogP contribution in [0.2, 0.25) is 0 Å². The van der Waals surface area contributed by atoms with Crippen LogP contribution >= 0.6 is 12.4 Å². The fraction of sp³-hybridized carbons (Fsp3) is 0.471. The van der Waals surface area contributed by atoms with Crippen molar-refractivity contribution in [1.29, 1.82) is 0 Å². The van der Waals surface area contributed by atoms with Crippen LogP contribution < -0.4 is 5.73 Å². The van der Waals surface area contributed by atoms with Crippen molar-refractivity contribution in [3.8, 4) is 5.69 Å². The number of para-hydroxylation sites is 1. The van der Waals surface area contributed by atoms with Gasteiger partial charge in [-0.15, -0.1) is 12.4 Å². The summed E-state index contributed by atoms with van der Waals surface area (Å²) >= 11 is 0. The molecule has 0 radical (unpaired) electrons. The summed E-state index contributed by atoms with van der Waals surface area (Å²) in [6.45, 7) is 5.15. The first-order valence-electron chi connectivity index (χ1n) is 7.81. The average Bonchev–Trinajstić information content (AvgIpc) is 2.97. The van der Waals surface area contributed by atoms with Gasteiger partial charge in [-0.25, -0.2) is 4.68 Å². The van der Waals surface area contributed by atoms with Gasteiger partial charge in [0.1, 0.15) is 0 Å². The normalized spacial score (nSPS) is 22.3. The van der Waals surface area contributed by atoms with E-state index in [0.717, 1.165) is 25.3 Å². The third-order valence-electron chi connectivity index (χ3n) is 4.51. The Bertz CT molecular complexity index is 569. The highest BCUT2D eigenvalue weighted by Crippen LogP contribution is 2.24. The van der Waals surface area contributed by atoms with E-state index in [4.69, 9.17) is 5.73 Å². The van der Waals surface area contributed by atoms with Crippen LogP contribution in [-0.4, -0.2) is 33.8 Å². The standard InChI is InChI=1S/C17H24N4.ClH/c1-14-6-5-9-20(17(14)10-18)12-15-11-19-21(13-15)16-7-3-2-4-8-16;/h2-4,7-8,11,13-14,17H,5-6,9-10,12,18H2,1H3;1H. The molecule has 2 aromatic rings. The Hall–Kier alpha value is -1.36. The Kier molecular flexibility index (Phi) is 6.00. The molecule has 120 valence electrons. The summed E-state index contributed by atoms with van der Waals surface area (Å²) in [6, 6.07) is 10.7. The van der Waals surface area contributed by atoms with Crippen LogP contribution in [0.3, 0.4) is 0 Å². The van der Waals surface area contributed by atoms with Gasteiger partial charge in [0.05, 0.1) is 11.9 Å². The molecule has 2 N–H and O–H groups in total. The molecule has 3 rings (SSSR count). The third-order valence-corrected chi connectivity index (χ3v) is 4.51. The molecule has 1 aliphatic rings. The van der Waals surface area contributed by atoms with Gasteiger partial charge in [0.15, 0.2) is 0 Å². The molecule has 1 aromatic heterocycles. The fourth-order valence-corrected chi connectivity index (χ4v) is 3.31. The Morgan fingerprint density at radius 2 is 2.05 bits per heavy atom. The molecule has 5 heteroatoms. The highest BCUT2D eigenvalue weighted by atomic mass is 35.5. The monoisotopic (exact) mass is 320 g/mol. The SMILES string of the molecule is CC1CCCN(Cc2cnn(-c3ccccc3)c2)C1CN.Cl. The van der Waals surface area contributed by atoms with E-state index >= 15 is 0 Å². The van der Waals surface area contributed by atoms with Crippen LogP contribution in [0.5, 0.6) is 0 Å². The number of likely N-dealkylation sites (tertiary alicyclic amines) is 1. The van der Waals surface area contributed by atoms with Crippen LogP contribution in [0, 0.1) is 5.92 Å². The number of hydrogen-bond donors (Lipinski definition) is 1. The van der Waals surface area contributed by atoms with E-state index in [1.807, 2.05) is 29.1 Å². The lowest BCUT2D eigenvalue weighted by molar-refractivity contribution is 0.0991. The molecule has 2 heterocycles. The zero-order valence-corrected chi connectivity index (χ0v) is 13.9. The van der Waals surface area contributed by atoms with E-state index in [1.165, 1.54) is 18.4 Å². The highest BCUT2D eigenvalue weighted by Gasteiger charge is 2.27. The van der Waals surface area contributed by atoms with Gasteiger partial charge in [0.2, 0.25) is 0 Å². The number of hydrogen-bond acceptors (Lipinski definition) is 3. The summed E-state index contributed by atoms with van der Waals surface area (Å²) in [6.07, 6.45) is 6.66. The second-order valence-corrected chi connectivity index (χ2v) is 6.02. The number of nitrogens with two attached hydrogens (primary N) is 1. The minimum atomic E-state index is 0. The smallest absolute Gasteiger partial charge is 0.0645 e. The van der Waals surface area contributed by atoms with Crippen molar-refractivity contribution >= 4 is 12.4 Å². The first-order chi connectivity index (χ1) is 10.3. The molecule has 1 aromatic carbocycles. The van der Waals surface area contributed by atoms with E-state index in [1.54, 1.807) is 0 Å². The number of piperidine rings is 1. The molecular weight excluding hydrogens is 296 g/mol. The van der Waals surface area contributed by atoms with Crippen molar-refractivity contribution in [3.63, 3.8) is 0 Å². The maximum Gasteiger partial charge on any atom is 0.0645 e. The third kappa shape index (κ3) is 3.69. The molecule has 4 nitrogen and oxygen atoms in total. The van der Waals surface area contributed by atoms with E-state index < -0.39 is 0 Å². The minimum absolute atomic E-state index is 0. The topological polar surface area (TPSA) is 47.1 Å². The number of halogens is 1. The molecule has 22 heavy (non-hydrogen) atoms. The molecular formula is C17H25ClN4. The number of benzene rings is 1. The first kappa shape index (κ1) is 17.0. The van der Waals surface area contributed by atoms with Crippen molar-refractivity contribution in [2.45, 2.75) is 32.4 Å². The molecule has 2 atom stereocenters. The van der Waals surface area contributed by atoms with Crippen molar-refractivity contribution < 1.29 is 0 Å². The lowest BCUT2D eigenvalue weighted by atomic mass is 9.90. The highest BCUT2D eigenvalue weighted by molar-refractivity contribution is 5.85. The first-order valence-corrected chi connectivity index (χ1v) is 7.81. The predicted octanol–water partition coefficient (Wildman–Crippen LogP) is 2.85. The molecule has 0 amide bonds. The van der Waals surface area contributed by atoms with Crippen molar-refractivity contribution in [2.24, 2.45) is 11.7 Å². The predicted molar refractivity (Wildman–Crippen MR) is 92.5 cm³/mol. The maximum atomic E-state index is 5.97. The van der Waals surface area contributed by atoms with Crippen LogP contribution in [-0.2, 0) is 6.54 Å². The van der Waals surface area contributed by atoms with Gasteiger partial charge in [0, 0.05) is 30.9 Å². The fourth-order valence-electron chi connectivity index (χ4n) is 3.31. The van der Waals surface area contributed by atoms with Gasteiger partial charge < -0.3 is 5.73 Å². The van der Waals surface area contributed by atoms with Crippen LogP contribution in [0.15, 0.2) is 42.7 Å². The van der Waals surface area contributed by atoms with Crippen molar-refractivity contribution in [3.05, 3.63) is 48.3 Å².